The molecular weight excluding hydrogens is 280 g/mol. The van der Waals surface area contributed by atoms with Crippen LogP contribution in [0.4, 0.5) is 0 Å². The first-order chi connectivity index (χ1) is 10.6. The molecule has 1 aromatic carbocycles. The fourth-order valence-corrected chi connectivity index (χ4v) is 2.76. The molecule has 0 saturated carbocycles. The smallest absolute Gasteiger partial charge is 0.225 e. The Balaban J connectivity index is 1.69. The summed E-state index contributed by atoms with van der Waals surface area (Å²) >= 11 is 0. The van der Waals surface area contributed by atoms with Gasteiger partial charge in [0.05, 0.1) is 20.1 Å². The Labute approximate surface area is 132 Å². The highest BCUT2D eigenvalue weighted by molar-refractivity contribution is 5.76. The van der Waals surface area contributed by atoms with Gasteiger partial charge in [-0.1, -0.05) is 0 Å². The fourth-order valence-electron chi connectivity index (χ4n) is 2.76. The van der Waals surface area contributed by atoms with Crippen LogP contribution in [0, 0.1) is 5.92 Å². The van der Waals surface area contributed by atoms with Gasteiger partial charge in [-0.2, -0.15) is 0 Å². The number of ether oxygens (including phenoxy) is 2. The zero-order chi connectivity index (χ0) is 15.9. The molecular formula is C17H26N2O3. The van der Waals surface area contributed by atoms with Crippen LogP contribution < -0.4 is 15.2 Å². The second kappa shape index (κ2) is 8.03. The number of amides is 1. The predicted octanol–water partition coefficient (Wildman–Crippen LogP) is 2.05. The third-order valence-corrected chi connectivity index (χ3v) is 4.28. The summed E-state index contributed by atoms with van der Waals surface area (Å²) in [5, 5.41) is 0. The van der Waals surface area contributed by atoms with Crippen LogP contribution in [0.1, 0.15) is 26.2 Å². The van der Waals surface area contributed by atoms with Crippen molar-refractivity contribution in [2.45, 2.75) is 32.2 Å². The summed E-state index contributed by atoms with van der Waals surface area (Å²) in [5.41, 5.74) is 5.92. The molecule has 0 radical (unpaired) electrons. The number of piperidine rings is 1. The average molecular weight is 306 g/mol. The first-order valence-electron chi connectivity index (χ1n) is 7.90. The molecule has 1 aliphatic heterocycles. The van der Waals surface area contributed by atoms with E-state index in [4.69, 9.17) is 15.2 Å². The molecule has 1 atom stereocenters. The van der Waals surface area contributed by atoms with Crippen LogP contribution in [-0.4, -0.2) is 43.7 Å². The Kier molecular flexibility index (Phi) is 6.07. The van der Waals surface area contributed by atoms with Crippen molar-refractivity contribution in [2.24, 2.45) is 11.7 Å². The molecule has 1 unspecified atom stereocenters. The molecule has 1 aliphatic rings. The molecule has 0 spiro atoms. The molecule has 1 heterocycles. The van der Waals surface area contributed by atoms with Crippen LogP contribution in [-0.2, 0) is 4.79 Å². The second-order valence-electron chi connectivity index (χ2n) is 5.85. The number of rotatable bonds is 6. The average Bonchev–Trinajstić information content (AvgIpc) is 2.55. The molecule has 5 heteroatoms. The zero-order valence-corrected chi connectivity index (χ0v) is 13.5. The Hall–Kier alpha value is -1.75. The molecule has 1 fully saturated rings. The van der Waals surface area contributed by atoms with Gasteiger partial charge in [0.25, 0.3) is 0 Å². The molecule has 0 bridgehead atoms. The topological polar surface area (TPSA) is 64.8 Å². The van der Waals surface area contributed by atoms with Crippen molar-refractivity contribution in [3.63, 3.8) is 0 Å². The number of nitrogens with two attached hydrogens (primary N) is 1. The summed E-state index contributed by atoms with van der Waals surface area (Å²) in [6, 6.07) is 7.59. The van der Waals surface area contributed by atoms with Gasteiger partial charge in [0, 0.05) is 19.1 Å². The van der Waals surface area contributed by atoms with Gasteiger partial charge in [0.1, 0.15) is 11.5 Å². The summed E-state index contributed by atoms with van der Waals surface area (Å²) < 4.78 is 10.7. The molecule has 0 aliphatic carbocycles. The Bertz CT molecular complexity index is 465. The highest BCUT2D eigenvalue weighted by Gasteiger charge is 2.24. The lowest BCUT2D eigenvalue weighted by Gasteiger charge is -2.33. The summed E-state index contributed by atoms with van der Waals surface area (Å²) in [7, 11) is 1.63. The van der Waals surface area contributed by atoms with Crippen molar-refractivity contribution >= 4 is 5.91 Å². The molecule has 2 N–H and O–H groups in total. The lowest BCUT2D eigenvalue weighted by molar-refractivity contribution is -0.133. The maximum Gasteiger partial charge on any atom is 0.225 e. The van der Waals surface area contributed by atoms with E-state index in [9.17, 15) is 4.79 Å². The monoisotopic (exact) mass is 306 g/mol. The maximum atomic E-state index is 12.2. The van der Waals surface area contributed by atoms with Gasteiger partial charge in [0.15, 0.2) is 0 Å². The van der Waals surface area contributed by atoms with E-state index in [1.807, 2.05) is 36.1 Å². The number of carbonyl (C=O) groups is 1. The lowest BCUT2D eigenvalue weighted by Crippen LogP contribution is -2.42. The van der Waals surface area contributed by atoms with E-state index in [0.29, 0.717) is 18.9 Å². The van der Waals surface area contributed by atoms with Crippen molar-refractivity contribution in [3.8, 4) is 11.5 Å². The fraction of sp³-hybridized carbons (Fsp3) is 0.588. The van der Waals surface area contributed by atoms with Crippen LogP contribution in [0.2, 0.25) is 0 Å². The van der Waals surface area contributed by atoms with Crippen molar-refractivity contribution in [3.05, 3.63) is 24.3 Å². The molecule has 1 saturated heterocycles. The van der Waals surface area contributed by atoms with Gasteiger partial charge in [-0.25, -0.2) is 0 Å². The maximum absolute atomic E-state index is 12.2. The second-order valence-corrected chi connectivity index (χ2v) is 5.85. The van der Waals surface area contributed by atoms with E-state index >= 15 is 0 Å². The Morgan fingerprint density at radius 1 is 1.27 bits per heavy atom. The van der Waals surface area contributed by atoms with E-state index < -0.39 is 0 Å². The summed E-state index contributed by atoms with van der Waals surface area (Å²) in [6.45, 7) is 4.07. The number of hydrogen-bond donors (Lipinski definition) is 1. The number of benzene rings is 1. The third kappa shape index (κ3) is 4.63. The minimum atomic E-state index is 0.164. The zero-order valence-electron chi connectivity index (χ0n) is 13.5. The number of nitrogens with zero attached hydrogens (tertiary/aromatic N) is 1. The number of hydrogen-bond acceptors (Lipinski definition) is 4. The molecule has 122 valence electrons. The van der Waals surface area contributed by atoms with Crippen LogP contribution in [0.3, 0.4) is 0 Å². The van der Waals surface area contributed by atoms with E-state index in [0.717, 1.165) is 37.4 Å². The lowest BCUT2D eigenvalue weighted by atomic mass is 9.91. The largest absolute Gasteiger partial charge is 0.497 e. The summed E-state index contributed by atoms with van der Waals surface area (Å²) in [5.74, 6) is 2.25. The number of carbonyl (C=O) groups excluding carboxylic acids is 1. The molecule has 1 aromatic rings. The van der Waals surface area contributed by atoms with Gasteiger partial charge in [-0.15, -0.1) is 0 Å². The van der Waals surface area contributed by atoms with Gasteiger partial charge in [-0.3, -0.25) is 4.79 Å². The van der Waals surface area contributed by atoms with Crippen LogP contribution in [0.15, 0.2) is 24.3 Å². The van der Waals surface area contributed by atoms with E-state index in [2.05, 4.69) is 0 Å². The highest BCUT2D eigenvalue weighted by atomic mass is 16.5. The van der Waals surface area contributed by atoms with Gasteiger partial charge in [-0.05, 0) is 49.9 Å². The summed E-state index contributed by atoms with van der Waals surface area (Å²) in [6.07, 6.45) is 2.42. The normalized spacial score (nSPS) is 17.1. The standard InChI is InChI=1S/C17H26N2O3/c1-13(18)14-7-10-19(11-8-14)17(20)9-12-22-16-5-3-15(21-2)4-6-16/h3-6,13-14H,7-12,18H2,1-2H3. The van der Waals surface area contributed by atoms with Gasteiger partial charge < -0.3 is 20.1 Å². The van der Waals surface area contributed by atoms with E-state index in [1.54, 1.807) is 7.11 Å². The van der Waals surface area contributed by atoms with Crippen LogP contribution >= 0.6 is 0 Å². The third-order valence-electron chi connectivity index (χ3n) is 4.28. The van der Waals surface area contributed by atoms with Crippen LogP contribution in [0.25, 0.3) is 0 Å². The van der Waals surface area contributed by atoms with Crippen molar-refractivity contribution < 1.29 is 14.3 Å². The van der Waals surface area contributed by atoms with Crippen LogP contribution in [0.5, 0.6) is 11.5 Å². The minimum absolute atomic E-state index is 0.164. The molecule has 5 nitrogen and oxygen atoms in total. The predicted molar refractivity (Wildman–Crippen MR) is 86.1 cm³/mol. The van der Waals surface area contributed by atoms with Crippen molar-refractivity contribution in [1.82, 2.24) is 4.90 Å². The molecule has 1 amide bonds. The Morgan fingerprint density at radius 3 is 2.41 bits per heavy atom. The first-order valence-corrected chi connectivity index (χ1v) is 7.90. The minimum Gasteiger partial charge on any atom is -0.497 e. The van der Waals surface area contributed by atoms with Gasteiger partial charge >= 0.3 is 0 Å². The SMILES string of the molecule is COc1ccc(OCCC(=O)N2CCC(C(C)N)CC2)cc1. The van der Waals surface area contributed by atoms with E-state index in [1.165, 1.54) is 0 Å². The van der Waals surface area contributed by atoms with Crippen molar-refractivity contribution in [1.29, 1.82) is 0 Å². The van der Waals surface area contributed by atoms with Crippen molar-refractivity contribution in [2.75, 3.05) is 26.8 Å². The Morgan fingerprint density at radius 2 is 1.86 bits per heavy atom. The highest BCUT2D eigenvalue weighted by Crippen LogP contribution is 2.20. The molecule has 0 aromatic heterocycles. The molecule has 2 rings (SSSR count). The van der Waals surface area contributed by atoms with Gasteiger partial charge in [0.2, 0.25) is 5.91 Å². The number of likely N-dealkylation sites (tertiary alicyclic amines) is 1. The molecule has 22 heavy (non-hydrogen) atoms. The number of methoxy groups -OCH3 is 1. The summed E-state index contributed by atoms with van der Waals surface area (Å²) in [4.78, 5) is 14.1. The first kappa shape index (κ1) is 16.6. The quantitative estimate of drug-likeness (QED) is 0.873. The van der Waals surface area contributed by atoms with E-state index in [-0.39, 0.29) is 11.9 Å².